The average Bonchev–Trinajstić information content (AvgIpc) is 3.32. The van der Waals surface area contributed by atoms with Crippen molar-refractivity contribution in [2.24, 2.45) is 0 Å². The van der Waals surface area contributed by atoms with E-state index < -0.39 is 0 Å². The zero-order valence-corrected chi connectivity index (χ0v) is 23.0. The van der Waals surface area contributed by atoms with Crippen LogP contribution < -0.4 is 0 Å². The molecule has 0 unspecified atom stereocenters. The molecule has 5 aromatic carbocycles. The van der Waals surface area contributed by atoms with Gasteiger partial charge >= 0.3 is 0 Å². The molecule has 0 fully saturated rings. The van der Waals surface area contributed by atoms with Crippen LogP contribution in [0, 0.1) is 6.92 Å². The second-order valence-corrected chi connectivity index (χ2v) is 9.83. The quantitative estimate of drug-likeness (QED) is 0.169. The lowest BCUT2D eigenvalue weighted by Crippen LogP contribution is -2.05. The fourth-order valence-electron chi connectivity index (χ4n) is 5.05. The van der Waals surface area contributed by atoms with E-state index in [0.29, 0.717) is 0 Å². The van der Waals surface area contributed by atoms with Crippen molar-refractivity contribution in [3.8, 4) is 16.8 Å². The molecule has 0 saturated carbocycles. The van der Waals surface area contributed by atoms with Gasteiger partial charge in [0.15, 0.2) is 5.78 Å². The summed E-state index contributed by atoms with van der Waals surface area (Å²) in [6.07, 6.45) is 2.02. The smallest absolute Gasteiger partial charge is 0.194 e. The zero-order valence-electron chi connectivity index (χ0n) is 22.2. The molecule has 1 heterocycles. The van der Waals surface area contributed by atoms with Gasteiger partial charge in [-0.3, -0.25) is 4.79 Å². The molecule has 0 aliphatic rings. The van der Waals surface area contributed by atoms with Gasteiger partial charge in [-0.2, -0.15) is 0 Å². The van der Waals surface area contributed by atoms with E-state index in [1.807, 2.05) is 57.4 Å². The summed E-state index contributed by atoms with van der Waals surface area (Å²) in [5, 5.41) is 2.42. The van der Waals surface area contributed by atoms with Crippen LogP contribution in [0.15, 0.2) is 120 Å². The number of benzene rings is 5. The molecule has 38 heavy (non-hydrogen) atoms. The third-order valence-electron chi connectivity index (χ3n) is 6.85. The lowest BCUT2D eigenvalue weighted by molar-refractivity contribution is 0.103. The SMILES string of the molecule is CC.CSc1ccc(-c2ccc3c(c2)c2ccccc2n3-c2ccccc2)cc1C(=O)c1ccccc1C. The number of carbonyl (C=O) groups is 1. The highest BCUT2D eigenvalue weighted by molar-refractivity contribution is 7.98. The number of nitrogens with zero attached hydrogens (tertiary/aromatic N) is 1. The van der Waals surface area contributed by atoms with Crippen molar-refractivity contribution in [3.63, 3.8) is 0 Å². The maximum atomic E-state index is 13.6. The van der Waals surface area contributed by atoms with Crippen LogP contribution in [-0.2, 0) is 0 Å². The maximum absolute atomic E-state index is 13.6. The molecule has 0 amide bonds. The largest absolute Gasteiger partial charge is 0.309 e. The second kappa shape index (κ2) is 11.1. The Balaban J connectivity index is 0.00000144. The first-order valence-electron chi connectivity index (χ1n) is 13.0. The van der Waals surface area contributed by atoms with Gasteiger partial charge in [-0.25, -0.2) is 0 Å². The van der Waals surface area contributed by atoms with Crippen molar-refractivity contribution in [1.29, 1.82) is 0 Å². The molecule has 3 heteroatoms. The Labute approximate surface area is 229 Å². The van der Waals surface area contributed by atoms with Crippen molar-refractivity contribution in [3.05, 3.63) is 132 Å². The molecular formula is C35H31NOS. The summed E-state index contributed by atoms with van der Waals surface area (Å²) in [4.78, 5) is 14.6. The minimum absolute atomic E-state index is 0.0704. The predicted molar refractivity (Wildman–Crippen MR) is 164 cm³/mol. The van der Waals surface area contributed by atoms with Gasteiger partial charge in [0.1, 0.15) is 0 Å². The van der Waals surface area contributed by atoms with Crippen LogP contribution in [0.2, 0.25) is 0 Å². The Morgan fingerprint density at radius 2 is 1.26 bits per heavy atom. The number of fused-ring (bicyclic) bond motifs is 3. The fourth-order valence-corrected chi connectivity index (χ4v) is 5.62. The average molecular weight is 514 g/mol. The van der Waals surface area contributed by atoms with Crippen molar-refractivity contribution >= 4 is 39.4 Å². The van der Waals surface area contributed by atoms with E-state index in [1.54, 1.807) is 11.8 Å². The maximum Gasteiger partial charge on any atom is 0.194 e. The molecule has 2 nitrogen and oxygen atoms in total. The van der Waals surface area contributed by atoms with Crippen molar-refractivity contribution in [1.82, 2.24) is 4.57 Å². The second-order valence-electron chi connectivity index (χ2n) is 8.98. The van der Waals surface area contributed by atoms with Crippen LogP contribution >= 0.6 is 11.8 Å². The van der Waals surface area contributed by atoms with Gasteiger partial charge in [-0.05, 0) is 72.3 Å². The third kappa shape index (κ3) is 4.55. The van der Waals surface area contributed by atoms with Crippen molar-refractivity contribution in [2.75, 3.05) is 6.26 Å². The van der Waals surface area contributed by atoms with Gasteiger partial charge < -0.3 is 4.57 Å². The van der Waals surface area contributed by atoms with E-state index in [4.69, 9.17) is 0 Å². The molecule has 1 aromatic heterocycles. The molecule has 0 bridgehead atoms. The van der Waals surface area contributed by atoms with Crippen LogP contribution in [0.25, 0.3) is 38.6 Å². The Morgan fingerprint density at radius 3 is 2.03 bits per heavy atom. The van der Waals surface area contributed by atoms with E-state index in [0.717, 1.165) is 38.4 Å². The molecule has 0 radical (unpaired) electrons. The first kappa shape index (κ1) is 25.6. The highest BCUT2D eigenvalue weighted by atomic mass is 32.2. The normalized spacial score (nSPS) is 10.8. The molecule has 6 rings (SSSR count). The van der Waals surface area contributed by atoms with Crippen LogP contribution in [0.4, 0.5) is 0 Å². The number of aryl methyl sites for hydroxylation is 1. The van der Waals surface area contributed by atoms with Crippen LogP contribution in [0.5, 0.6) is 0 Å². The number of carbonyl (C=O) groups excluding carboxylic acids is 1. The summed E-state index contributed by atoms with van der Waals surface area (Å²) >= 11 is 1.61. The molecule has 0 atom stereocenters. The summed E-state index contributed by atoms with van der Waals surface area (Å²) in [5.74, 6) is 0.0704. The molecule has 6 aromatic rings. The summed E-state index contributed by atoms with van der Waals surface area (Å²) in [6, 6.07) is 39.7. The molecule has 0 spiro atoms. The Morgan fingerprint density at radius 1 is 0.632 bits per heavy atom. The number of para-hydroxylation sites is 2. The van der Waals surface area contributed by atoms with Crippen molar-refractivity contribution < 1.29 is 4.79 Å². The molecule has 0 saturated heterocycles. The lowest BCUT2D eigenvalue weighted by Gasteiger charge is -2.12. The number of hydrogen-bond donors (Lipinski definition) is 0. The van der Waals surface area contributed by atoms with E-state index in [-0.39, 0.29) is 5.78 Å². The summed E-state index contributed by atoms with van der Waals surface area (Å²) in [5.41, 5.74) is 8.15. The van der Waals surface area contributed by atoms with E-state index in [9.17, 15) is 4.79 Å². The van der Waals surface area contributed by atoms with Crippen LogP contribution in [0.3, 0.4) is 0 Å². The number of thioether (sulfide) groups is 1. The van der Waals surface area contributed by atoms with Crippen LogP contribution in [0.1, 0.15) is 35.3 Å². The molecule has 0 aliphatic heterocycles. The van der Waals surface area contributed by atoms with Gasteiger partial charge in [0.2, 0.25) is 0 Å². The van der Waals surface area contributed by atoms with Gasteiger partial charge in [-0.15, -0.1) is 11.8 Å². The van der Waals surface area contributed by atoms with Gasteiger partial charge in [0, 0.05) is 32.5 Å². The first-order valence-corrected chi connectivity index (χ1v) is 14.3. The minimum atomic E-state index is 0.0704. The summed E-state index contributed by atoms with van der Waals surface area (Å²) in [6.45, 7) is 5.99. The fraction of sp³-hybridized carbons (Fsp3) is 0.114. The Hall–Kier alpha value is -4.08. The minimum Gasteiger partial charge on any atom is -0.309 e. The summed E-state index contributed by atoms with van der Waals surface area (Å²) in [7, 11) is 0. The number of ketones is 1. The molecule has 188 valence electrons. The van der Waals surface area contributed by atoms with E-state index in [2.05, 4.69) is 89.5 Å². The number of hydrogen-bond acceptors (Lipinski definition) is 2. The number of rotatable bonds is 5. The molecular weight excluding hydrogens is 482 g/mol. The molecule has 0 aliphatic carbocycles. The zero-order chi connectivity index (χ0) is 26.6. The predicted octanol–water partition coefficient (Wildman–Crippen LogP) is 9.74. The Bertz CT molecular complexity index is 1750. The van der Waals surface area contributed by atoms with Crippen molar-refractivity contribution in [2.45, 2.75) is 25.7 Å². The monoisotopic (exact) mass is 513 g/mol. The van der Waals surface area contributed by atoms with E-state index >= 15 is 0 Å². The Kier molecular flexibility index (Phi) is 7.48. The molecule has 0 N–H and O–H groups in total. The standard InChI is InChI=1S/C33H25NOS.C2H6/c1-22-10-6-7-13-26(22)33(35)29-21-24(17-19-32(29)36-2)23-16-18-31-28(20-23)27-14-8-9-15-30(27)34(31)25-11-4-3-5-12-25;1-2/h3-21H,1-2H3;1-2H3. The first-order chi connectivity index (χ1) is 18.7. The van der Waals surface area contributed by atoms with Crippen LogP contribution in [-0.4, -0.2) is 16.6 Å². The van der Waals surface area contributed by atoms with E-state index in [1.165, 1.54) is 21.8 Å². The summed E-state index contributed by atoms with van der Waals surface area (Å²) < 4.78 is 2.32. The van der Waals surface area contributed by atoms with Gasteiger partial charge in [0.05, 0.1) is 11.0 Å². The lowest BCUT2D eigenvalue weighted by atomic mass is 9.95. The third-order valence-corrected chi connectivity index (χ3v) is 7.65. The van der Waals surface area contributed by atoms with Gasteiger partial charge in [-0.1, -0.05) is 86.6 Å². The van der Waals surface area contributed by atoms with Gasteiger partial charge in [0.25, 0.3) is 0 Å². The highest BCUT2D eigenvalue weighted by Crippen LogP contribution is 2.36. The number of aromatic nitrogens is 1. The highest BCUT2D eigenvalue weighted by Gasteiger charge is 2.18. The topological polar surface area (TPSA) is 22.0 Å².